The molecule has 0 amide bonds. The summed E-state index contributed by atoms with van der Waals surface area (Å²) >= 11 is 3.52. The van der Waals surface area contributed by atoms with E-state index < -0.39 is 0 Å². The second-order valence-electron chi connectivity index (χ2n) is 4.51. The van der Waals surface area contributed by atoms with Gasteiger partial charge in [-0.3, -0.25) is 0 Å². The molecule has 2 nitrogen and oxygen atoms in total. The molecular weight excluding hydrogens is 264 g/mol. The van der Waals surface area contributed by atoms with Crippen molar-refractivity contribution in [2.24, 2.45) is 0 Å². The molecule has 3 heteroatoms. The van der Waals surface area contributed by atoms with Crippen LogP contribution in [0.1, 0.15) is 18.9 Å². The standard InChI is InChI=1S/C13H19BrN2/c1-10-9-12(14)3-4-13(10)16-8-7-15-6-5-11(16)2/h3-4,9,11,15H,5-8H2,1-2H3. The van der Waals surface area contributed by atoms with Crippen LogP contribution in [0.2, 0.25) is 0 Å². The molecular formula is C13H19BrN2. The summed E-state index contributed by atoms with van der Waals surface area (Å²) in [6.45, 7) is 7.82. The summed E-state index contributed by atoms with van der Waals surface area (Å²) in [5.41, 5.74) is 2.72. The Bertz CT molecular complexity index is 365. The Hall–Kier alpha value is -0.540. The number of nitrogens with one attached hydrogen (secondary N) is 1. The van der Waals surface area contributed by atoms with Crippen LogP contribution in [-0.4, -0.2) is 25.7 Å². The molecule has 0 bridgehead atoms. The predicted octanol–water partition coefficient (Wildman–Crippen LogP) is 2.95. The van der Waals surface area contributed by atoms with Crippen molar-refractivity contribution < 1.29 is 0 Å². The maximum atomic E-state index is 3.52. The number of nitrogens with zero attached hydrogens (tertiary/aromatic N) is 1. The number of rotatable bonds is 1. The van der Waals surface area contributed by atoms with Gasteiger partial charge in [0.05, 0.1) is 0 Å². The van der Waals surface area contributed by atoms with Crippen LogP contribution < -0.4 is 10.2 Å². The molecule has 0 radical (unpaired) electrons. The first-order chi connectivity index (χ1) is 7.68. The minimum absolute atomic E-state index is 0.620. The maximum absolute atomic E-state index is 3.52. The fourth-order valence-corrected chi connectivity index (χ4v) is 2.79. The molecule has 16 heavy (non-hydrogen) atoms. The molecule has 1 saturated heterocycles. The lowest BCUT2D eigenvalue weighted by Crippen LogP contribution is -2.34. The minimum Gasteiger partial charge on any atom is -0.367 e. The van der Waals surface area contributed by atoms with E-state index >= 15 is 0 Å². The highest BCUT2D eigenvalue weighted by molar-refractivity contribution is 9.10. The van der Waals surface area contributed by atoms with Gasteiger partial charge in [0.2, 0.25) is 0 Å². The Morgan fingerprint density at radius 2 is 2.19 bits per heavy atom. The van der Waals surface area contributed by atoms with Crippen molar-refractivity contribution in [3.63, 3.8) is 0 Å². The van der Waals surface area contributed by atoms with Gasteiger partial charge in [0.15, 0.2) is 0 Å². The summed E-state index contributed by atoms with van der Waals surface area (Å²) in [7, 11) is 0. The third-order valence-electron chi connectivity index (χ3n) is 3.27. The lowest BCUT2D eigenvalue weighted by molar-refractivity contribution is 0.630. The predicted molar refractivity (Wildman–Crippen MR) is 73.2 cm³/mol. The van der Waals surface area contributed by atoms with Gasteiger partial charge in [0.25, 0.3) is 0 Å². The van der Waals surface area contributed by atoms with Gasteiger partial charge in [-0.15, -0.1) is 0 Å². The van der Waals surface area contributed by atoms with Crippen LogP contribution in [0.4, 0.5) is 5.69 Å². The number of benzene rings is 1. The van der Waals surface area contributed by atoms with Crippen molar-refractivity contribution in [2.75, 3.05) is 24.5 Å². The molecule has 1 atom stereocenters. The van der Waals surface area contributed by atoms with E-state index in [1.165, 1.54) is 17.7 Å². The Morgan fingerprint density at radius 1 is 1.38 bits per heavy atom. The maximum Gasteiger partial charge on any atom is 0.0399 e. The zero-order valence-corrected chi connectivity index (χ0v) is 11.5. The summed E-state index contributed by atoms with van der Waals surface area (Å²) < 4.78 is 1.16. The lowest BCUT2D eigenvalue weighted by atomic mass is 10.1. The van der Waals surface area contributed by atoms with Crippen molar-refractivity contribution in [1.82, 2.24) is 5.32 Å². The van der Waals surface area contributed by atoms with E-state index in [0.29, 0.717) is 6.04 Å². The summed E-state index contributed by atoms with van der Waals surface area (Å²) in [6.07, 6.45) is 1.22. The number of hydrogen-bond donors (Lipinski definition) is 1. The van der Waals surface area contributed by atoms with Crippen LogP contribution in [-0.2, 0) is 0 Å². The third kappa shape index (κ3) is 2.58. The SMILES string of the molecule is Cc1cc(Br)ccc1N1CCNCCC1C. The molecule has 1 heterocycles. The van der Waals surface area contributed by atoms with Crippen LogP contribution in [0.25, 0.3) is 0 Å². The Morgan fingerprint density at radius 3 is 2.94 bits per heavy atom. The summed E-state index contributed by atoms with van der Waals surface area (Å²) in [5, 5.41) is 3.46. The lowest BCUT2D eigenvalue weighted by Gasteiger charge is -2.30. The van der Waals surface area contributed by atoms with Crippen LogP contribution in [0.15, 0.2) is 22.7 Å². The topological polar surface area (TPSA) is 15.3 Å². The normalized spacial score (nSPS) is 21.9. The highest BCUT2D eigenvalue weighted by atomic mass is 79.9. The van der Waals surface area contributed by atoms with Gasteiger partial charge in [0.1, 0.15) is 0 Å². The highest BCUT2D eigenvalue weighted by Crippen LogP contribution is 2.26. The molecule has 1 aromatic rings. The quantitative estimate of drug-likeness (QED) is 0.852. The molecule has 88 valence electrons. The molecule has 0 saturated carbocycles. The van der Waals surface area contributed by atoms with E-state index in [1.54, 1.807) is 0 Å². The molecule has 1 N–H and O–H groups in total. The molecule has 0 aliphatic carbocycles. The van der Waals surface area contributed by atoms with Crippen molar-refractivity contribution in [2.45, 2.75) is 26.3 Å². The van der Waals surface area contributed by atoms with Crippen LogP contribution in [0, 0.1) is 6.92 Å². The monoisotopic (exact) mass is 282 g/mol. The first-order valence-corrected chi connectivity index (χ1v) is 6.71. The summed E-state index contributed by atoms with van der Waals surface area (Å²) in [5.74, 6) is 0. The summed E-state index contributed by atoms with van der Waals surface area (Å²) in [6, 6.07) is 7.17. The smallest absolute Gasteiger partial charge is 0.0399 e. The molecule has 0 aromatic heterocycles. The molecule has 2 rings (SSSR count). The Balaban J connectivity index is 2.27. The van der Waals surface area contributed by atoms with Gasteiger partial charge in [-0.2, -0.15) is 0 Å². The number of anilines is 1. The van der Waals surface area contributed by atoms with Gasteiger partial charge < -0.3 is 10.2 Å². The van der Waals surface area contributed by atoms with Gasteiger partial charge in [-0.1, -0.05) is 15.9 Å². The van der Waals surface area contributed by atoms with Gasteiger partial charge >= 0.3 is 0 Å². The first-order valence-electron chi connectivity index (χ1n) is 5.92. The molecule has 1 aliphatic heterocycles. The van der Waals surface area contributed by atoms with Crippen LogP contribution in [0.5, 0.6) is 0 Å². The van der Waals surface area contributed by atoms with E-state index in [4.69, 9.17) is 0 Å². The van der Waals surface area contributed by atoms with E-state index in [2.05, 4.69) is 58.2 Å². The average molecular weight is 283 g/mol. The van der Waals surface area contributed by atoms with E-state index in [-0.39, 0.29) is 0 Å². The fourth-order valence-electron chi connectivity index (χ4n) is 2.31. The fraction of sp³-hybridized carbons (Fsp3) is 0.538. The highest BCUT2D eigenvalue weighted by Gasteiger charge is 2.18. The third-order valence-corrected chi connectivity index (χ3v) is 3.76. The van der Waals surface area contributed by atoms with Crippen molar-refractivity contribution in [1.29, 1.82) is 0 Å². The van der Waals surface area contributed by atoms with Gasteiger partial charge in [-0.05, 0) is 50.6 Å². The van der Waals surface area contributed by atoms with Crippen LogP contribution >= 0.6 is 15.9 Å². The van der Waals surface area contributed by atoms with E-state index in [9.17, 15) is 0 Å². The van der Waals surface area contributed by atoms with Crippen molar-refractivity contribution in [3.8, 4) is 0 Å². The van der Waals surface area contributed by atoms with Gasteiger partial charge in [-0.25, -0.2) is 0 Å². The van der Waals surface area contributed by atoms with E-state index in [0.717, 1.165) is 24.1 Å². The largest absolute Gasteiger partial charge is 0.367 e. The second-order valence-corrected chi connectivity index (χ2v) is 5.43. The molecule has 1 aliphatic rings. The van der Waals surface area contributed by atoms with Crippen LogP contribution in [0.3, 0.4) is 0 Å². The molecule has 1 unspecified atom stereocenters. The second kappa shape index (κ2) is 5.19. The zero-order chi connectivity index (χ0) is 11.5. The first kappa shape index (κ1) is 11.9. The number of halogens is 1. The average Bonchev–Trinajstić information content (AvgIpc) is 2.44. The Kier molecular flexibility index (Phi) is 3.87. The minimum atomic E-state index is 0.620. The molecule has 1 fully saturated rings. The van der Waals surface area contributed by atoms with Gasteiger partial charge in [0, 0.05) is 29.3 Å². The molecule has 1 aromatic carbocycles. The summed E-state index contributed by atoms with van der Waals surface area (Å²) in [4.78, 5) is 2.52. The Labute approximate surface area is 106 Å². The zero-order valence-electron chi connectivity index (χ0n) is 9.96. The number of aryl methyl sites for hydroxylation is 1. The number of hydrogen-bond acceptors (Lipinski definition) is 2. The van der Waals surface area contributed by atoms with E-state index in [1.807, 2.05) is 0 Å². The van der Waals surface area contributed by atoms with Crippen molar-refractivity contribution in [3.05, 3.63) is 28.2 Å². The molecule has 0 spiro atoms. The van der Waals surface area contributed by atoms with Crippen molar-refractivity contribution >= 4 is 21.6 Å².